The van der Waals surface area contributed by atoms with Crippen LogP contribution in [-0.4, -0.2) is 23.7 Å². The third-order valence-corrected chi connectivity index (χ3v) is 4.64. The molecule has 0 aliphatic heterocycles. The Kier molecular flexibility index (Phi) is 6.82. The molecule has 0 saturated heterocycles. The highest BCUT2D eigenvalue weighted by atomic mass is 32.2. The summed E-state index contributed by atoms with van der Waals surface area (Å²) in [6.45, 7) is 1.91. The summed E-state index contributed by atoms with van der Waals surface area (Å²) in [5, 5.41) is 13.6. The van der Waals surface area contributed by atoms with Crippen LogP contribution in [0.15, 0.2) is 48.5 Å². The molecule has 132 valence electrons. The molecule has 0 aromatic heterocycles. The van der Waals surface area contributed by atoms with Crippen LogP contribution >= 0.6 is 11.8 Å². The first-order valence-electron chi connectivity index (χ1n) is 7.74. The number of hydrogen-bond donors (Lipinski definition) is 1. The van der Waals surface area contributed by atoms with E-state index in [1.165, 1.54) is 23.9 Å². The van der Waals surface area contributed by atoms with E-state index in [-0.39, 0.29) is 17.6 Å². The van der Waals surface area contributed by atoms with Gasteiger partial charge in [0, 0.05) is 23.4 Å². The Hall–Kier alpha value is -2.54. The second kappa shape index (κ2) is 9.08. The first-order valence-corrected chi connectivity index (χ1v) is 8.90. The maximum Gasteiger partial charge on any atom is 0.269 e. The van der Waals surface area contributed by atoms with Crippen LogP contribution in [-0.2, 0) is 10.5 Å². The minimum absolute atomic E-state index is 0.0645. The van der Waals surface area contributed by atoms with Crippen LogP contribution < -0.4 is 10.1 Å². The van der Waals surface area contributed by atoms with Gasteiger partial charge in [0.1, 0.15) is 5.75 Å². The van der Waals surface area contributed by atoms with Crippen molar-refractivity contribution >= 4 is 23.4 Å². The molecular weight excluding hydrogens is 340 g/mol. The molecule has 2 aromatic carbocycles. The van der Waals surface area contributed by atoms with E-state index < -0.39 is 4.92 Å². The minimum atomic E-state index is -0.427. The third-order valence-electron chi connectivity index (χ3n) is 3.63. The predicted octanol–water partition coefficient (Wildman–Crippen LogP) is 3.71. The molecule has 2 aromatic rings. The van der Waals surface area contributed by atoms with Crippen LogP contribution in [0.4, 0.5) is 5.69 Å². The summed E-state index contributed by atoms with van der Waals surface area (Å²) in [5.41, 5.74) is 1.94. The van der Waals surface area contributed by atoms with Gasteiger partial charge in [0.25, 0.3) is 5.69 Å². The van der Waals surface area contributed by atoms with E-state index >= 15 is 0 Å². The number of benzene rings is 2. The highest BCUT2D eigenvalue weighted by molar-refractivity contribution is 7.99. The van der Waals surface area contributed by atoms with Crippen LogP contribution in [0.3, 0.4) is 0 Å². The monoisotopic (exact) mass is 360 g/mol. The summed E-state index contributed by atoms with van der Waals surface area (Å²) in [6.07, 6.45) is 0. The maximum absolute atomic E-state index is 12.1. The molecule has 0 radical (unpaired) electrons. The number of rotatable bonds is 8. The number of nitro benzene ring substituents is 1. The van der Waals surface area contributed by atoms with E-state index in [1.54, 1.807) is 19.2 Å². The Balaban J connectivity index is 1.81. The van der Waals surface area contributed by atoms with Crippen molar-refractivity contribution in [3.05, 3.63) is 69.8 Å². The van der Waals surface area contributed by atoms with Crippen molar-refractivity contribution in [2.24, 2.45) is 0 Å². The van der Waals surface area contributed by atoms with E-state index in [2.05, 4.69) is 5.32 Å². The fourth-order valence-electron chi connectivity index (χ4n) is 2.36. The predicted molar refractivity (Wildman–Crippen MR) is 98.8 cm³/mol. The number of ether oxygens (including phenoxy) is 1. The molecule has 0 aliphatic rings. The number of hydrogen-bond acceptors (Lipinski definition) is 5. The molecule has 0 heterocycles. The molecule has 0 fully saturated rings. The normalized spacial score (nSPS) is 11.6. The van der Waals surface area contributed by atoms with Gasteiger partial charge < -0.3 is 10.1 Å². The minimum Gasteiger partial charge on any atom is -0.496 e. The van der Waals surface area contributed by atoms with Gasteiger partial charge in [-0.15, -0.1) is 11.8 Å². The lowest BCUT2D eigenvalue weighted by Crippen LogP contribution is -2.28. The van der Waals surface area contributed by atoms with Crippen LogP contribution in [0.2, 0.25) is 0 Å². The molecule has 1 atom stereocenters. The van der Waals surface area contributed by atoms with Crippen molar-refractivity contribution in [1.29, 1.82) is 0 Å². The van der Waals surface area contributed by atoms with E-state index in [0.29, 0.717) is 11.5 Å². The van der Waals surface area contributed by atoms with E-state index in [4.69, 9.17) is 4.74 Å². The topological polar surface area (TPSA) is 81.5 Å². The first kappa shape index (κ1) is 18.8. The fourth-order valence-corrected chi connectivity index (χ4v) is 3.16. The summed E-state index contributed by atoms with van der Waals surface area (Å²) in [5.74, 6) is 1.62. The van der Waals surface area contributed by atoms with Crippen molar-refractivity contribution in [3.63, 3.8) is 0 Å². The van der Waals surface area contributed by atoms with Crippen LogP contribution in [0.5, 0.6) is 5.75 Å². The lowest BCUT2D eigenvalue weighted by atomic mass is 10.1. The number of amides is 1. The third kappa shape index (κ3) is 5.49. The number of nitrogens with zero attached hydrogens (tertiary/aromatic N) is 1. The lowest BCUT2D eigenvalue weighted by Gasteiger charge is -2.17. The van der Waals surface area contributed by atoms with E-state index in [9.17, 15) is 14.9 Å². The van der Waals surface area contributed by atoms with Gasteiger partial charge >= 0.3 is 0 Å². The van der Waals surface area contributed by atoms with Gasteiger partial charge in [-0.3, -0.25) is 14.9 Å². The SMILES string of the molecule is COc1ccccc1[C@H](C)NC(=O)CSCc1ccc([N+](=O)[O-])cc1. The number of nitrogens with one attached hydrogen (secondary N) is 1. The summed E-state index contributed by atoms with van der Waals surface area (Å²) in [7, 11) is 1.60. The van der Waals surface area contributed by atoms with Gasteiger partial charge in [-0.2, -0.15) is 0 Å². The summed E-state index contributed by atoms with van der Waals surface area (Å²) in [6, 6.07) is 13.8. The Morgan fingerprint density at radius 1 is 1.24 bits per heavy atom. The largest absolute Gasteiger partial charge is 0.496 e. The van der Waals surface area contributed by atoms with Gasteiger partial charge in [0.2, 0.25) is 5.91 Å². The molecule has 6 nitrogen and oxygen atoms in total. The fraction of sp³-hybridized carbons (Fsp3) is 0.278. The molecule has 2 rings (SSSR count). The van der Waals surface area contributed by atoms with Crippen LogP contribution in [0.1, 0.15) is 24.1 Å². The van der Waals surface area contributed by atoms with Gasteiger partial charge in [-0.25, -0.2) is 0 Å². The molecule has 0 bridgehead atoms. The Morgan fingerprint density at radius 2 is 1.92 bits per heavy atom. The molecule has 0 aliphatic carbocycles. The first-order chi connectivity index (χ1) is 12.0. The van der Waals surface area contributed by atoms with Gasteiger partial charge in [0.15, 0.2) is 0 Å². The van der Waals surface area contributed by atoms with Crippen LogP contribution in [0, 0.1) is 10.1 Å². The Bertz CT molecular complexity index is 734. The molecule has 0 unspecified atom stereocenters. The zero-order valence-electron chi connectivity index (χ0n) is 14.1. The van der Waals surface area contributed by atoms with Gasteiger partial charge in [-0.1, -0.05) is 30.3 Å². The van der Waals surface area contributed by atoms with Crippen molar-refractivity contribution in [1.82, 2.24) is 5.32 Å². The highest BCUT2D eigenvalue weighted by Gasteiger charge is 2.13. The molecule has 0 spiro atoms. The number of thioether (sulfide) groups is 1. The van der Waals surface area contributed by atoms with Crippen molar-refractivity contribution < 1.29 is 14.5 Å². The Labute approximate surface area is 150 Å². The van der Waals surface area contributed by atoms with Crippen molar-refractivity contribution in [2.75, 3.05) is 12.9 Å². The summed E-state index contributed by atoms with van der Waals surface area (Å²) in [4.78, 5) is 22.3. The van der Waals surface area contributed by atoms with E-state index in [0.717, 1.165) is 16.9 Å². The average molecular weight is 360 g/mol. The molecule has 1 N–H and O–H groups in total. The number of para-hydroxylation sites is 1. The summed E-state index contributed by atoms with van der Waals surface area (Å²) >= 11 is 1.46. The number of non-ortho nitro benzene ring substituents is 1. The number of carbonyl (C=O) groups is 1. The molecule has 7 heteroatoms. The standard InChI is InChI=1S/C18H20N2O4S/c1-13(16-5-3-4-6-17(16)24-2)19-18(21)12-25-11-14-7-9-15(10-8-14)20(22)23/h3-10,13H,11-12H2,1-2H3,(H,19,21)/t13-/m0/s1. The van der Waals surface area contributed by atoms with Crippen molar-refractivity contribution in [2.45, 2.75) is 18.7 Å². The molecule has 0 saturated carbocycles. The zero-order valence-corrected chi connectivity index (χ0v) is 14.9. The van der Waals surface area contributed by atoms with E-state index in [1.807, 2.05) is 31.2 Å². The Morgan fingerprint density at radius 3 is 2.56 bits per heavy atom. The van der Waals surface area contributed by atoms with Crippen molar-refractivity contribution in [3.8, 4) is 5.75 Å². The highest BCUT2D eigenvalue weighted by Crippen LogP contribution is 2.24. The molecule has 25 heavy (non-hydrogen) atoms. The molecule has 1 amide bonds. The average Bonchev–Trinajstić information content (AvgIpc) is 2.62. The number of nitro groups is 1. The van der Waals surface area contributed by atoms with Gasteiger partial charge in [-0.05, 0) is 18.6 Å². The number of methoxy groups -OCH3 is 1. The smallest absolute Gasteiger partial charge is 0.269 e. The van der Waals surface area contributed by atoms with Crippen LogP contribution in [0.25, 0.3) is 0 Å². The maximum atomic E-state index is 12.1. The second-order valence-corrected chi connectivity index (χ2v) is 6.43. The molecular formula is C18H20N2O4S. The second-order valence-electron chi connectivity index (χ2n) is 5.45. The zero-order chi connectivity index (χ0) is 18.2. The quantitative estimate of drug-likeness (QED) is 0.573. The summed E-state index contributed by atoms with van der Waals surface area (Å²) < 4.78 is 5.31. The van der Waals surface area contributed by atoms with Gasteiger partial charge in [0.05, 0.1) is 23.8 Å². The lowest BCUT2D eigenvalue weighted by molar-refractivity contribution is -0.384. The number of carbonyl (C=O) groups excluding carboxylic acids is 1.